The molecule has 0 saturated carbocycles. The number of nitrogens with one attached hydrogen (secondary N) is 1. The summed E-state index contributed by atoms with van der Waals surface area (Å²) in [5, 5.41) is 14.0. The third-order valence-electron chi connectivity index (χ3n) is 10.7. The molecule has 320 valence electrons. The van der Waals surface area contributed by atoms with Crippen LogP contribution in [0.1, 0.15) is 117 Å². The van der Waals surface area contributed by atoms with Gasteiger partial charge in [-0.2, -0.15) is 0 Å². The van der Waals surface area contributed by atoms with Crippen LogP contribution in [-0.2, 0) is 35.1 Å². The number of likely N-dealkylation sites (N-methyl/N-ethyl adjacent to an activating group) is 1. The Morgan fingerprint density at radius 1 is 1.00 bits per heavy atom. The van der Waals surface area contributed by atoms with Crippen molar-refractivity contribution in [3.8, 4) is 0 Å². The maximum Gasteiger partial charge on any atom is 0.339 e. The van der Waals surface area contributed by atoms with Crippen molar-refractivity contribution in [2.24, 2.45) is 17.8 Å². The number of carboxylic acid groups (broad SMARTS) is 1. The van der Waals surface area contributed by atoms with Crippen LogP contribution in [-0.4, -0.2) is 93.8 Å². The lowest BCUT2D eigenvalue weighted by Gasteiger charge is -2.39. The molecule has 1 unspecified atom stereocenters. The predicted octanol–water partition coefficient (Wildman–Crippen LogP) is 6.87. The molecule has 0 spiro atoms. The van der Waals surface area contributed by atoms with Gasteiger partial charge >= 0.3 is 17.9 Å². The fraction of sp³-hybridized carbons (Fsp3) is 0.523. The van der Waals surface area contributed by atoms with Gasteiger partial charge in [-0.05, 0) is 80.9 Å². The number of ether oxygens (including phenoxy) is 2. The van der Waals surface area contributed by atoms with Crippen molar-refractivity contribution in [3.05, 3.63) is 87.6 Å². The van der Waals surface area contributed by atoms with Crippen LogP contribution in [0.3, 0.4) is 0 Å². The van der Waals surface area contributed by atoms with Crippen LogP contribution in [0.25, 0.3) is 0 Å². The Hall–Kier alpha value is -5.02. The van der Waals surface area contributed by atoms with E-state index in [0.29, 0.717) is 11.1 Å². The zero-order chi connectivity index (χ0) is 43.2. The highest BCUT2D eigenvalue weighted by molar-refractivity contribution is 7.09. The van der Waals surface area contributed by atoms with E-state index in [0.717, 1.165) is 37.1 Å². The minimum Gasteiger partial charge on any atom is -0.481 e. The SMILES string of the molecule is CC(=O)O[C@H](C[C@H](C(C)C)N(COC(=O)c1ccccc1)C(=O)C(CC(=O)[C@H]1CCCCN1C)C(C)C)c1nc(C(=O)N[C@H](CCC(=O)O)Cc2ccc(F)cc2)cs1. The van der Waals surface area contributed by atoms with Gasteiger partial charge in [0.15, 0.2) is 18.6 Å². The number of Topliss-reactive ketones (excluding diaryl/α,β-unsaturated/α-hetero) is 1. The van der Waals surface area contributed by atoms with E-state index in [9.17, 15) is 38.3 Å². The first-order chi connectivity index (χ1) is 28.0. The van der Waals surface area contributed by atoms with Crippen LogP contribution in [0.2, 0.25) is 0 Å². The Balaban J connectivity index is 1.62. The number of carbonyl (C=O) groups is 6. The van der Waals surface area contributed by atoms with E-state index >= 15 is 0 Å². The topological polar surface area (TPSA) is 173 Å². The van der Waals surface area contributed by atoms with Gasteiger partial charge in [0.05, 0.1) is 11.6 Å². The van der Waals surface area contributed by atoms with Gasteiger partial charge in [-0.15, -0.1) is 11.3 Å². The summed E-state index contributed by atoms with van der Waals surface area (Å²) in [5.74, 6) is -4.94. The van der Waals surface area contributed by atoms with E-state index in [1.807, 2.05) is 39.6 Å². The standard InChI is InChI=1S/C44H57FN4O9S/c1-27(2)34(23-38(51)36-14-10-11-21-48(36)6)43(55)49(26-57-44(56)31-12-8-7-9-13-31)37(28(3)4)24-39(58-29(5)50)42-47-35(25-59-42)41(54)46-33(19-20-40(52)53)22-30-15-17-32(45)18-16-30/h7-9,12-13,15-18,25,27-28,33-34,36-37,39H,10-11,14,19-24,26H2,1-6H3,(H,46,54)(H,52,53)/t33-,34?,36-,37-,39-/m1/s1. The van der Waals surface area contributed by atoms with Gasteiger partial charge in [0.25, 0.3) is 5.91 Å². The summed E-state index contributed by atoms with van der Waals surface area (Å²) < 4.78 is 25.1. The molecule has 2 amide bonds. The van der Waals surface area contributed by atoms with Crippen LogP contribution in [0, 0.1) is 23.6 Å². The minimum absolute atomic E-state index is 0.00635. The predicted molar refractivity (Wildman–Crippen MR) is 220 cm³/mol. The largest absolute Gasteiger partial charge is 0.481 e. The number of rotatable bonds is 21. The average molecular weight is 837 g/mol. The molecule has 0 bridgehead atoms. The van der Waals surface area contributed by atoms with Gasteiger partial charge in [-0.1, -0.05) is 64.4 Å². The second-order valence-electron chi connectivity index (χ2n) is 15.9. The van der Waals surface area contributed by atoms with Crippen LogP contribution in [0.4, 0.5) is 4.39 Å². The van der Waals surface area contributed by atoms with Crippen LogP contribution in [0.5, 0.6) is 0 Å². The summed E-state index contributed by atoms with van der Waals surface area (Å²) in [7, 11) is 1.92. The van der Waals surface area contributed by atoms with Crippen molar-refractivity contribution in [3.63, 3.8) is 0 Å². The number of aliphatic carboxylic acids is 1. The Morgan fingerprint density at radius 3 is 2.31 bits per heavy atom. The monoisotopic (exact) mass is 836 g/mol. The number of hydrogen-bond acceptors (Lipinski definition) is 11. The molecule has 59 heavy (non-hydrogen) atoms. The highest BCUT2D eigenvalue weighted by atomic mass is 32.1. The lowest BCUT2D eigenvalue weighted by molar-refractivity contribution is -0.152. The molecular weight excluding hydrogens is 780 g/mol. The molecule has 1 aliphatic heterocycles. The molecule has 0 radical (unpaired) electrons. The van der Waals surface area contributed by atoms with E-state index in [-0.39, 0.29) is 72.4 Å². The van der Waals surface area contributed by atoms with E-state index in [1.165, 1.54) is 29.3 Å². The van der Waals surface area contributed by atoms with Gasteiger partial charge in [0.1, 0.15) is 16.5 Å². The number of esters is 2. The zero-order valence-electron chi connectivity index (χ0n) is 34.7. The molecule has 1 fully saturated rings. The summed E-state index contributed by atoms with van der Waals surface area (Å²) in [4.78, 5) is 87.3. The second kappa shape index (κ2) is 22.4. The van der Waals surface area contributed by atoms with Crippen molar-refractivity contribution in [2.45, 2.75) is 110 Å². The zero-order valence-corrected chi connectivity index (χ0v) is 35.5. The number of thiazole rings is 1. The molecule has 13 nitrogen and oxygen atoms in total. The van der Waals surface area contributed by atoms with Crippen molar-refractivity contribution >= 4 is 46.8 Å². The molecule has 3 aromatic rings. The Bertz CT molecular complexity index is 1890. The summed E-state index contributed by atoms with van der Waals surface area (Å²) >= 11 is 1.08. The van der Waals surface area contributed by atoms with Gasteiger partial charge in [0.2, 0.25) is 5.91 Å². The molecule has 1 aromatic heterocycles. The van der Waals surface area contributed by atoms with Crippen molar-refractivity contribution in [1.82, 2.24) is 20.1 Å². The summed E-state index contributed by atoms with van der Waals surface area (Å²) in [6, 6.07) is 12.5. The smallest absolute Gasteiger partial charge is 0.339 e. The number of likely N-dealkylation sites (tertiary alicyclic amines) is 1. The number of aromatic nitrogens is 1. The van der Waals surface area contributed by atoms with Crippen molar-refractivity contribution < 1.29 is 47.7 Å². The third-order valence-corrected chi connectivity index (χ3v) is 11.7. The van der Waals surface area contributed by atoms with Gasteiger partial charge in [0, 0.05) is 49.6 Å². The highest BCUT2D eigenvalue weighted by Gasteiger charge is 2.39. The van der Waals surface area contributed by atoms with E-state index in [2.05, 4.69) is 10.3 Å². The number of benzene rings is 2. The second-order valence-corrected chi connectivity index (χ2v) is 16.8. The molecule has 15 heteroatoms. The Morgan fingerprint density at radius 2 is 1.69 bits per heavy atom. The molecule has 0 aliphatic carbocycles. The van der Waals surface area contributed by atoms with Crippen LogP contribution >= 0.6 is 11.3 Å². The number of amides is 2. The number of hydrogen-bond donors (Lipinski definition) is 2. The lowest BCUT2D eigenvalue weighted by Crippen LogP contribution is -2.50. The first-order valence-electron chi connectivity index (χ1n) is 20.2. The first kappa shape index (κ1) is 46.7. The quantitative estimate of drug-likeness (QED) is 0.0848. The minimum atomic E-state index is -1.03. The Labute approximate surface area is 349 Å². The first-order valence-corrected chi connectivity index (χ1v) is 21.1. The molecule has 5 atom stereocenters. The van der Waals surface area contributed by atoms with Crippen LogP contribution < -0.4 is 5.32 Å². The normalized spacial score (nSPS) is 16.5. The molecule has 4 rings (SSSR count). The van der Waals surface area contributed by atoms with Gasteiger partial charge < -0.3 is 24.8 Å². The maximum atomic E-state index is 14.8. The van der Waals surface area contributed by atoms with E-state index in [1.54, 1.807) is 42.5 Å². The number of carboxylic acids is 1. The van der Waals surface area contributed by atoms with Crippen LogP contribution in [0.15, 0.2) is 60.0 Å². The fourth-order valence-corrected chi connectivity index (χ4v) is 8.21. The van der Waals surface area contributed by atoms with Gasteiger partial charge in [-0.25, -0.2) is 14.2 Å². The fourth-order valence-electron chi connectivity index (χ4n) is 7.37. The average Bonchev–Trinajstić information content (AvgIpc) is 3.69. The summed E-state index contributed by atoms with van der Waals surface area (Å²) in [6.07, 6.45) is 1.81. The number of nitrogens with zero attached hydrogens (tertiary/aromatic N) is 3. The molecule has 1 saturated heterocycles. The van der Waals surface area contributed by atoms with E-state index in [4.69, 9.17) is 9.47 Å². The van der Waals surface area contributed by atoms with Crippen molar-refractivity contribution in [2.75, 3.05) is 20.3 Å². The molecule has 2 N–H and O–H groups in total. The number of ketones is 1. The third kappa shape index (κ3) is 14.1. The van der Waals surface area contributed by atoms with Gasteiger partial charge in [-0.3, -0.25) is 28.9 Å². The van der Waals surface area contributed by atoms with E-state index < -0.39 is 60.5 Å². The number of piperidine rings is 1. The lowest BCUT2D eigenvalue weighted by atomic mass is 9.84. The molecule has 2 aromatic carbocycles. The molecule has 1 aliphatic rings. The Kier molecular flexibility index (Phi) is 17.7. The maximum absolute atomic E-state index is 14.8. The van der Waals surface area contributed by atoms with Crippen molar-refractivity contribution in [1.29, 1.82) is 0 Å². The number of carbonyl (C=O) groups excluding carboxylic acids is 5. The summed E-state index contributed by atoms with van der Waals surface area (Å²) in [6.45, 7) is 9.16. The summed E-state index contributed by atoms with van der Waals surface area (Å²) in [5.41, 5.74) is 1.01. The molecular formula is C44H57FN4O9S. The highest BCUT2D eigenvalue weighted by Crippen LogP contribution is 2.33. The molecule has 2 heterocycles. The number of halogens is 1.